The average Bonchev–Trinajstić information content (AvgIpc) is 2.88. The van der Waals surface area contributed by atoms with E-state index in [-0.39, 0.29) is 18.3 Å². The molecule has 0 aromatic rings. The minimum atomic E-state index is -0.742. The quantitative estimate of drug-likeness (QED) is 0.270. The summed E-state index contributed by atoms with van der Waals surface area (Å²) < 4.78 is 0. The molecule has 0 aromatic carbocycles. The standard InChI is InChI=1S/C22H38O5/c1-2-3-8-11-17(23)14-15-19-18(20(24)16-21(19)25)12-9-6-4-5-7-10-13-22(26)27/h6,9,14-15,17-21,23-25H,2-5,7-8,10-13,16H2,1H3,(H,26,27)/b9-6-,15-14+/t17-,18-,19-,20+,21-/m1/s1. The van der Waals surface area contributed by atoms with Crippen molar-refractivity contribution in [3.63, 3.8) is 0 Å². The molecule has 0 aliphatic heterocycles. The van der Waals surface area contributed by atoms with Gasteiger partial charge in [0.2, 0.25) is 0 Å². The van der Waals surface area contributed by atoms with Crippen molar-refractivity contribution in [3.05, 3.63) is 24.3 Å². The molecule has 1 aliphatic rings. The summed E-state index contributed by atoms with van der Waals surface area (Å²) in [5, 5.41) is 39.1. The van der Waals surface area contributed by atoms with Crippen molar-refractivity contribution in [1.29, 1.82) is 0 Å². The van der Waals surface area contributed by atoms with E-state index in [2.05, 4.69) is 19.1 Å². The van der Waals surface area contributed by atoms with E-state index in [0.29, 0.717) is 19.3 Å². The van der Waals surface area contributed by atoms with Gasteiger partial charge in [0.25, 0.3) is 0 Å². The lowest BCUT2D eigenvalue weighted by atomic mass is 9.89. The number of aliphatic hydroxyl groups excluding tert-OH is 3. The predicted molar refractivity (Wildman–Crippen MR) is 107 cm³/mol. The Morgan fingerprint density at radius 2 is 1.85 bits per heavy atom. The van der Waals surface area contributed by atoms with Crippen LogP contribution in [-0.4, -0.2) is 44.7 Å². The topological polar surface area (TPSA) is 98.0 Å². The lowest BCUT2D eigenvalue weighted by Crippen LogP contribution is -2.20. The molecule has 0 radical (unpaired) electrons. The van der Waals surface area contributed by atoms with Crippen LogP contribution in [0.2, 0.25) is 0 Å². The van der Waals surface area contributed by atoms with Gasteiger partial charge >= 0.3 is 5.97 Å². The third kappa shape index (κ3) is 10.1. The Hall–Kier alpha value is -1.17. The van der Waals surface area contributed by atoms with E-state index in [1.165, 1.54) is 0 Å². The lowest BCUT2D eigenvalue weighted by Gasteiger charge is -2.19. The van der Waals surface area contributed by atoms with Crippen molar-refractivity contribution in [1.82, 2.24) is 0 Å². The van der Waals surface area contributed by atoms with E-state index in [4.69, 9.17) is 5.11 Å². The Kier molecular flexibility index (Phi) is 12.3. The summed E-state index contributed by atoms with van der Waals surface area (Å²) in [5.41, 5.74) is 0. The first-order valence-corrected chi connectivity index (χ1v) is 10.5. The number of carboxylic acids is 1. The van der Waals surface area contributed by atoms with Crippen LogP contribution in [0.3, 0.4) is 0 Å². The van der Waals surface area contributed by atoms with Crippen molar-refractivity contribution in [2.75, 3.05) is 0 Å². The third-order valence-electron chi connectivity index (χ3n) is 5.41. The van der Waals surface area contributed by atoms with Crippen LogP contribution in [0.5, 0.6) is 0 Å². The molecule has 0 saturated heterocycles. The van der Waals surface area contributed by atoms with Crippen LogP contribution in [0, 0.1) is 11.8 Å². The highest BCUT2D eigenvalue weighted by atomic mass is 16.4. The highest BCUT2D eigenvalue weighted by molar-refractivity contribution is 5.66. The fourth-order valence-corrected chi connectivity index (χ4v) is 3.75. The van der Waals surface area contributed by atoms with Crippen molar-refractivity contribution in [3.8, 4) is 0 Å². The molecule has 0 bridgehead atoms. The fourth-order valence-electron chi connectivity index (χ4n) is 3.75. The number of rotatable bonds is 14. The number of aliphatic carboxylic acids is 1. The SMILES string of the molecule is CCCCC[C@@H](O)/C=C/[C@@H]1[C@@H](C/C=C\CCCCCC(=O)O)[C@@H](O)C[C@H]1O. The second kappa shape index (κ2) is 13.9. The van der Waals surface area contributed by atoms with Gasteiger partial charge in [0.05, 0.1) is 18.3 Å². The Balaban J connectivity index is 2.37. The van der Waals surface area contributed by atoms with Crippen LogP contribution in [0.25, 0.3) is 0 Å². The summed E-state index contributed by atoms with van der Waals surface area (Å²) >= 11 is 0. The van der Waals surface area contributed by atoms with Crippen molar-refractivity contribution in [2.45, 2.75) is 95.9 Å². The zero-order valence-corrected chi connectivity index (χ0v) is 16.7. The number of carbonyl (C=O) groups is 1. The van der Waals surface area contributed by atoms with Gasteiger partial charge in [0, 0.05) is 18.8 Å². The third-order valence-corrected chi connectivity index (χ3v) is 5.41. The van der Waals surface area contributed by atoms with Gasteiger partial charge in [-0.25, -0.2) is 0 Å². The maximum Gasteiger partial charge on any atom is 0.303 e. The molecule has 0 amide bonds. The second-order valence-corrected chi connectivity index (χ2v) is 7.76. The van der Waals surface area contributed by atoms with Crippen LogP contribution in [0.15, 0.2) is 24.3 Å². The van der Waals surface area contributed by atoms with E-state index in [0.717, 1.165) is 44.9 Å². The van der Waals surface area contributed by atoms with Gasteiger partial charge in [-0.1, -0.05) is 56.9 Å². The number of aliphatic hydroxyl groups is 3. The summed E-state index contributed by atoms with van der Waals surface area (Å²) in [7, 11) is 0. The minimum absolute atomic E-state index is 0.0256. The Bertz CT molecular complexity index is 460. The van der Waals surface area contributed by atoms with Crippen molar-refractivity contribution < 1.29 is 25.2 Å². The average molecular weight is 383 g/mol. The maximum atomic E-state index is 10.5. The smallest absolute Gasteiger partial charge is 0.303 e. The van der Waals surface area contributed by atoms with E-state index in [1.807, 2.05) is 6.08 Å². The molecular formula is C22H38O5. The predicted octanol–water partition coefficient (Wildman–Crippen LogP) is 3.82. The molecular weight excluding hydrogens is 344 g/mol. The van der Waals surface area contributed by atoms with Gasteiger partial charge in [-0.2, -0.15) is 0 Å². The largest absolute Gasteiger partial charge is 0.481 e. The van der Waals surface area contributed by atoms with Gasteiger partial charge in [0.1, 0.15) is 0 Å². The van der Waals surface area contributed by atoms with E-state index >= 15 is 0 Å². The van der Waals surface area contributed by atoms with Gasteiger partial charge in [0.15, 0.2) is 0 Å². The second-order valence-electron chi connectivity index (χ2n) is 7.76. The molecule has 0 heterocycles. The Morgan fingerprint density at radius 3 is 2.56 bits per heavy atom. The number of hydrogen-bond acceptors (Lipinski definition) is 4. The molecule has 5 heteroatoms. The summed E-state index contributed by atoms with van der Waals surface area (Å²) in [5.74, 6) is -0.891. The van der Waals surface area contributed by atoms with Crippen molar-refractivity contribution >= 4 is 5.97 Å². The molecule has 156 valence electrons. The molecule has 0 spiro atoms. The highest BCUT2D eigenvalue weighted by Gasteiger charge is 2.39. The number of hydrogen-bond donors (Lipinski definition) is 4. The Morgan fingerprint density at radius 1 is 1.07 bits per heavy atom. The molecule has 0 aromatic heterocycles. The molecule has 27 heavy (non-hydrogen) atoms. The molecule has 1 saturated carbocycles. The lowest BCUT2D eigenvalue weighted by molar-refractivity contribution is -0.137. The van der Waals surface area contributed by atoms with Crippen LogP contribution in [0.1, 0.15) is 77.6 Å². The molecule has 1 rings (SSSR count). The zero-order chi connectivity index (χ0) is 20.1. The first-order valence-electron chi connectivity index (χ1n) is 10.5. The fraction of sp³-hybridized carbons (Fsp3) is 0.773. The number of unbranched alkanes of at least 4 members (excludes halogenated alkanes) is 5. The molecule has 5 atom stereocenters. The summed E-state index contributed by atoms with van der Waals surface area (Å²) in [6, 6.07) is 0. The maximum absolute atomic E-state index is 10.5. The van der Waals surface area contributed by atoms with E-state index in [9.17, 15) is 20.1 Å². The van der Waals surface area contributed by atoms with Crippen LogP contribution in [0.4, 0.5) is 0 Å². The normalized spacial score (nSPS) is 27.0. The van der Waals surface area contributed by atoms with Crippen LogP contribution >= 0.6 is 0 Å². The minimum Gasteiger partial charge on any atom is -0.481 e. The monoisotopic (exact) mass is 382 g/mol. The van der Waals surface area contributed by atoms with E-state index < -0.39 is 24.3 Å². The molecule has 0 unspecified atom stereocenters. The van der Waals surface area contributed by atoms with Crippen molar-refractivity contribution in [2.24, 2.45) is 11.8 Å². The molecule has 5 nitrogen and oxygen atoms in total. The Labute approximate surface area is 163 Å². The van der Waals surface area contributed by atoms with E-state index in [1.54, 1.807) is 6.08 Å². The number of allylic oxidation sites excluding steroid dienone is 2. The summed E-state index contributed by atoms with van der Waals surface area (Å²) in [6.45, 7) is 2.13. The van der Waals surface area contributed by atoms with Gasteiger partial charge < -0.3 is 20.4 Å². The summed E-state index contributed by atoms with van der Waals surface area (Å²) in [4.78, 5) is 10.5. The zero-order valence-electron chi connectivity index (χ0n) is 16.7. The molecule has 4 N–H and O–H groups in total. The van der Waals surface area contributed by atoms with Gasteiger partial charge in [-0.3, -0.25) is 4.79 Å². The first kappa shape index (κ1) is 23.9. The molecule has 1 aliphatic carbocycles. The van der Waals surface area contributed by atoms with Gasteiger partial charge in [-0.15, -0.1) is 0 Å². The van der Waals surface area contributed by atoms with Crippen LogP contribution in [-0.2, 0) is 4.79 Å². The summed E-state index contributed by atoms with van der Waals surface area (Å²) in [6.07, 6.45) is 15.0. The number of carboxylic acid groups (broad SMARTS) is 1. The van der Waals surface area contributed by atoms with Gasteiger partial charge in [-0.05, 0) is 38.0 Å². The highest BCUT2D eigenvalue weighted by Crippen LogP contribution is 2.36. The molecule has 1 fully saturated rings. The van der Waals surface area contributed by atoms with Crippen LogP contribution < -0.4 is 0 Å². The first-order chi connectivity index (χ1) is 13.0.